The number of benzene rings is 2. The minimum Gasteiger partial charge on any atom is -0.486 e. The van der Waals surface area contributed by atoms with E-state index in [1.165, 1.54) is 29.7 Å². The smallest absolute Gasteiger partial charge is 0.265 e. The largest absolute Gasteiger partial charge is 0.486 e. The molecule has 1 N–H and O–H groups in total. The molecule has 30 heavy (non-hydrogen) atoms. The lowest BCUT2D eigenvalue weighted by Crippen LogP contribution is -2.09. The predicted octanol–water partition coefficient (Wildman–Crippen LogP) is 5.10. The summed E-state index contributed by atoms with van der Waals surface area (Å²) in [6.07, 6.45) is 3.15. The fourth-order valence-corrected chi connectivity index (χ4v) is 3.59. The molecule has 0 atom stereocenters. The fraction of sp³-hybridized carbons (Fsp3) is 0.0909. The molecule has 4 aromatic rings. The highest BCUT2D eigenvalue weighted by molar-refractivity contribution is 7.12. The number of nitrogens with one attached hydrogen (secondary N) is 1. The van der Waals surface area contributed by atoms with Crippen LogP contribution in [0.25, 0.3) is 0 Å². The Morgan fingerprint density at radius 1 is 1.10 bits per heavy atom. The zero-order valence-electron chi connectivity index (χ0n) is 15.7. The minimum absolute atomic E-state index is 0.158. The number of carbonyl (C=O) groups excluding carboxylic acids is 1. The van der Waals surface area contributed by atoms with Crippen LogP contribution in [0.1, 0.15) is 20.8 Å². The third-order valence-corrected chi connectivity index (χ3v) is 5.27. The van der Waals surface area contributed by atoms with Crippen LogP contribution in [0.2, 0.25) is 0 Å². The number of hydrogen-bond acceptors (Lipinski definition) is 4. The molecule has 5 nitrogen and oxygen atoms in total. The van der Waals surface area contributed by atoms with Crippen LogP contribution < -0.4 is 10.1 Å². The SMILES string of the molecule is O=C(Nc1cnn(Cc2ccccc2F)c1)c1cc(COc2ccccc2F)cs1. The second-order valence-corrected chi connectivity index (χ2v) is 7.42. The summed E-state index contributed by atoms with van der Waals surface area (Å²) in [5.41, 5.74) is 1.79. The molecule has 4 rings (SSSR count). The summed E-state index contributed by atoms with van der Waals surface area (Å²) in [6.45, 7) is 0.421. The Kier molecular flexibility index (Phi) is 5.85. The summed E-state index contributed by atoms with van der Waals surface area (Å²) in [7, 11) is 0. The molecule has 2 heterocycles. The van der Waals surface area contributed by atoms with Crippen molar-refractivity contribution < 1.29 is 18.3 Å². The van der Waals surface area contributed by atoms with Crippen molar-refractivity contribution in [2.45, 2.75) is 13.2 Å². The third kappa shape index (κ3) is 4.72. The Labute approximate surface area is 175 Å². The Morgan fingerprint density at radius 2 is 1.87 bits per heavy atom. The molecule has 1 amide bonds. The zero-order valence-corrected chi connectivity index (χ0v) is 16.5. The molecule has 0 spiro atoms. The fourth-order valence-electron chi connectivity index (χ4n) is 2.80. The van der Waals surface area contributed by atoms with Crippen molar-refractivity contribution in [1.29, 1.82) is 0 Å². The summed E-state index contributed by atoms with van der Waals surface area (Å²) < 4.78 is 34.4. The quantitative estimate of drug-likeness (QED) is 0.448. The third-order valence-electron chi connectivity index (χ3n) is 4.29. The van der Waals surface area contributed by atoms with Crippen molar-refractivity contribution >= 4 is 22.9 Å². The van der Waals surface area contributed by atoms with Gasteiger partial charge in [-0.3, -0.25) is 9.48 Å². The molecule has 152 valence electrons. The standard InChI is InChI=1S/C22H17F2N3O2S/c23-18-6-2-1-5-16(18)11-27-12-17(10-25-27)26-22(28)21-9-15(14-30-21)13-29-20-8-4-3-7-19(20)24/h1-10,12,14H,11,13H2,(H,26,28). The first kappa shape index (κ1) is 19.8. The van der Waals surface area contributed by atoms with Gasteiger partial charge in [0.2, 0.25) is 0 Å². The number of para-hydroxylation sites is 1. The first-order valence-electron chi connectivity index (χ1n) is 9.10. The normalized spacial score (nSPS) is 10.7. The Balaban J connectivity index is 1.35. The van der Waals surface area contributed by atoms with Crippen molar-refractivity contribution in [2.24, 2.45) is 0 Å². The summed E-state index contributed by atoms with van der Waals surface area (Å²) in [6, 6.07) is 14.3. The number of carbonyl (C=O) groups is 1. The van der Waals surface area contributed by atoms with Crippen LogP contribution >= 0.6 is 11.3 Å². The molecule has 0 unspecified atom stereocenters. The molecule has 0 aliphatic carbocycles. The van der Waals surface area contributed by atoms with Crippen LogP contribution in [0.3, 0.4) is 0 Å². The van der Waals surface area contributed by atoms with Crippen molar-refractivity contribution in [3.63, 3.8) is 0 Å². The predicted molar refractivity (Wildman–Crippen MR) is 111 cm³/mol. The number of nitrogens with zero attached hydrogens (tertiary/aromatic N) is 2. The van der Waals surface area contributed by atoms with Gasteiger partial charge in [0.25, 0.3) is 5.91 Å². The van der Waals surface area contributed by atoms with E-state index < -0.39 is 5.82 Å². The van der Waals surface area contributed by atoms with Crippen LogP contribution in [0.15, 0.2) is 72.4 Å². The van der Waals surface area contributed by atoms with Gasteiger partial charge in [-0.1, -0.05) is 30.3 Å². The lowest BCUT2D eigenvalue weighted by atomic mass is 10.2. The maximum absolute atomic E-state index is 13.8. The summed E-state index contributed by atoms with van der Waals surface area (Å²) in [5.74, 6) is -0.861. The number of anilines is 1. The maximum Gasteiger partial charge on any atom is 0.265 e. The van der Waals surface area contributed by atoms with Gasteiger partial charge in [-0.15, -0.1) is 11.3 Å². The number of rotatable bonds is 7. The number of amides is 1. The molecule has 2 aromatic heterocycles. The highest BCUT2D eigenvalue weighted by Gasteiger charge is 2.12. The minimum atomic E-state index is -0.432. The molecule has 0 aliphatic rings. The van der Waals surface area contributed by atoms with Gasteiger partial charge >= 0.3 is 0 Å². The number of thiophene rings is 1. The number of hydrogen-bond donors (Lipinski definition) is 1. The van der Waals surface area contributed by atoms with Crippen LogP contribution in [-0.2, 0) is 13.2 Å². The van der Waals surface area contributed by atoms with Gasteiger partial charge in [-0.2, -0.15) is 5.10 Å². The van der Waals surface area contributed by atoms with Crippen LogP contribution in [-0.4, -0.2) is 15.7 Å². The molecule has 0 bridgehead atoms. The lowest BCUT2D eigenvalue weighted by Gasteiger charge is -2.05. The molecule has 0 saturated heterocycles. The van der Waals surface area contributed by atoms with Crippen molar-refractivity contribution in [3.05, 3.63) is 100 Å². The van der Waals surface area contributed by atoms with Crippen molar-refractivity contribution in [2.75, 3.05) is 5.32 Å². The van der Waals surface area contributed by atoms with Crippen LogP contribution in [0.5, 0.6) is 5.75 Å². The first-order valence-corrected chi connectivity index (χ1v) is 9.98. The summed E-state index contributed by atoms with van der Waals surface area (Å²) in [5, 5.41) is 8.72. The van der Waals surface area contributed by atoms with E-state index in [0.717, 1.165) is 5.56 Å². The zero-order chi connectivity index (χ0) is 20.9. The highest BCUT2D eigenvalue weighted by atomic mass is 32.1. The van der Waals surface area contributed by atoms with Gasteiger partial charge in [-0.25, -0.2) is 8.78 Å². The van der Waals surface area contributed by atoms with E-state index >= 15 is 0 Å². The number of halogens is 2. The van der Waals surface area contributed by atoms with E-state index in [0.29, 0.717) is 16.1 Å². The number of ether oxygens (including phenoxy) is 1. The molecule has 0 saturated carbocycles. The van der Waals surface area contributed by atoms with E-state index in [2.05, 4.69) is 10.4 Å². The monoisotopic (exact) mass is 425 g/mol. The second-order valence-electron chi connectivity index (χ2n) is 6.51. The van der Waals surface area contributed by atoms with Gasteiger partial charge in [0.1, 0.15) is 12.4 Å². The molecule has 0 fully saturated rings. The van der Waals surface area contributed by atoms with Gasteiger partial charge in [0.15, 0.2) is 11.6 Å². The van der Waals surface area contributed by atoms with Gasteiger partial charge in [0, 0.05) is 17.3 Å². The average molecular weight is 425 g/mol. The molecular formula is C22H17F2N3O2S. The Bertz CT molecular complexity index is 1170. The second kappa shape index (κ2) is 8.87. The van der Waals surface area contributed by atoms with E-state index in [1.54, 1.807) is 58.7 Å². The van der Waals surface area contributed by atoms with E-state index in [-0.39, 0.29) is 30.6 Å². The van der Waals surface area contributed by atoms with E-state index in [9.17, 15) is 13.6 Å². The summed E-state index contributed by atoms with van der Waals surface area (Å²) >= 11 is 1.27. The molecule has 8 heteroatoms. The number of aromatic nitrogens is 2. The average Bonchev–Trinajstić information content (AvgIpc) is 3.39. The lowest BCUT2D eigenvalue weighted by molar-refractivity contribution is 0.103. The Hall–Kier alpha value is -3.52. The van der Waals surface area contributed by atoms with Crippen LogP contribution in [0.4, 0.5) is 14.5 Å². The van der Waals surface area contributed by atoms with Gasteiger partial charge in [0.05, 0.1) is 23.3 Å². The summed E-state index contributed by atoms with van der Waals surface area (Å²) in [4.78, 5) is 13.0. The van der Waals surface area contributed by atoms with E-state index in [1.807, 2.05) is 0 Å². The molecule has 2 aromatic carbocycles. The van der Waals surface area contributed by atoms with Crippen molar-refractivity contribution in [3.8, 4) is 5.75 Å². The molecule has 0 aliphatic heterocycles. The first-order chi connectivity index (χ1) is 14.6. The molecular weight excluding hydrogens is 408 g/mol. The van der Waals surface area contributed by atoms with E-state index in [4.69, 9.17) is 4.74 Å². The van der Waals surface area contributed by atoms with Gasteiger partial charge in [-0.05, 0) is 29.6 Å². The van der Waals surface area contributed by atoms with Crippen LogP contribution in [0, 0.1) is 11.6 Å². The van der Waals surface area contributed by atoms with Crippen molar-refractivity contribution in [1.82, 2.24) is 9.78 Å². The van der Waals surface area contributed by atoms with Gasteiger partial charge < -0.3 is 10.1 Å². The highest BCUT2D eigenvalue weighted by Crippen LogP contribution is 2.21. The topological polar surface area (TPSA) is 56.2 Å². The Morgan fingerprint density at radius 3 is 2.67 bits per heavy atom. The molecule has 0 radical (unpaired) electrons. The maximum atomic E-state index is 13.8.